The number of nitrogens with zero attached hydrogens (tertiary/aromatic N) is 2. The zero-order valence-corrected chi connectivity index (χ0v) is 15.9. The summed E-state index contributed by atoms with van der Waals surface area (Å²) in [6, 6.07) is 17.9. The van der Waals surface area contributed by atoms with Crippen molar-refractivity contribution < 1.29 is 26.6 Å². The Kier molecular flexibility index (Phi) is 8.26. The normalized spacial score (nSPS) is 10.1. The van der Waals surface area contributed by atoms with E-state index in [4.69, 9.17) is 10.5 Å². The highest BCUT2D eigenvalue weighted by molar-refractivity contribution is 5.95. The Labute approximate surface area is 168 Å². The van der Waals surface area contributed by atoms with Gasteiger partial charge in [0.2, 0.25) is 11.5 Å². The third-order valence-corrected chi connectivity index (χ3v) is 3.84. The highest BCUT2D eigenvalue weighted by atomic mass is 35.5. The van der Waals surface area contributed by atoms with Crippen molar-refractivity contribution in [1.82, 2.24) is 20.9 Å². The van der Waals surface area contributed by atoms with E-state index in [2.05, 4.69) is 25.6 Å². The molecule has 0 aliphatic heterocycles. The zero-order chi connectivity index (χ0) is 18.9. The minimum atomic E-state index is -0.415. The first kappa shape index (κ1) is 21.2. The summed E-state index contributed by atoms with van der Waals surface area (Å²) < 4.78 is 10.3. The Morgan fingerprint density at radius 2 is 1.79 bits per heavy atom. The molecule has 1 amide bonds. The second-order valence-corrected chi connectivity index (χ2v) is 5.81. The van der Waals surface area contributed by atoms with Crippen molar-refractivity contribution >= 4 is 11.7 Å². The topological polar surface area (TPSA) is 115 Å². The van der Waals surface area contributed by atoms with Gasteiger partial charge < -0.3 is 33.5 Å². The molecule has 0 bridgehead atoms. The van der Waals surface area contributed by atoms with Crippen LogP contribution in [0.4, 0.5) is 5.82 Å². The maximum Gasteiger partial charge on any atom is 0.277 e. The first-order chi connectivity index (χ1) is 13.2. The van der Waals surface area contributed by atoms with Gasteiger partial charge in [0, 0.05) is 25.2 Å². The van der Waals surface area contributed by atoms with E-state index in [1.807, 2.05) is 54.6 Å². The average Bonchev–Trinajstić information content (AvgIpc) is 3.13. The second-order valence-electron chi connectivity index (χ2n) is 5.81. The minimum absolute atomic E-state index is 0. The third kappa shape index (κ3) is 5.97. The number of nitrogen functional groups attached to an aromatic ring is 1. The molecule has 1 aromatic heterocycles. The van der Waals surface area contributed by atoms with E-state index in [1.165, 1.54) is 0 Å². The third-order valence-electron chi connectivity index (χ3n) is 3.84. The van der Waals surface area contributed by atoms with Gasteiger partial charge in [0.1, 0.15) is 12.4 Å². The van der Waals surface area contributed by atoms with Crippen molar-refractivity contribution in [3.8, 4) is 5.75 Å². The van der Waals surface area contributed by atoms with Gasteiger partial charge in [0.05, 0.1) is 0 Å². The summed E-state index contributed by atoms with van der Waals surface area (Å²) in [6.45, 7) is 2.12. The Morgan fingerprint density at radius 3 is 2.54 bits per heavy atom. The van der Waals surface area contributed by atoms with Gasteiger partial charge in [-0.2, -0.15) is 0 Å². The fourth-order valence-electron chi connectivity index (χ4n) is 2.45. The number of anilines is 1. The highest BCUT2D eigenvalue weighted by Gasteiger charge is 2.14. The summed E-state index contributed by atoms with van der Waals surface area (Å²) >= 11 is 0. The van der Waals surface area contributed by atoms with Crippen molar-refractivity contribution in [2.24, 2.45) is 0 Å². The van der Waals surface area contributed by atoms with Gasteiger partial charge >= 0.3 is 0 Å². The highest BCUT2D eigenvalue weighted by Crippen LogP contribution is 2.19. The van der Waals surface area contributed by atoms with Crippen LogP contribution in [0.3, 0.4) is 0 Å². The molecule has 3 aromatic rings. The van der Waals surface area contributed by atoms with Crippen LogP contribution in [0.25, 0.3) is 0 Å². The van der Waals surface area contributed by atoms with Crippen LogP contribution in [0, 0.1) is 0 Å². The van der Waals surface area contributed by atoms with Crippen LogP contribution in [0.1, 0.15) is 21.6 Å². The number of amides is 1. The van der Waals surface area contributed by atoms with Crippen LogP contribution in [0.15, 0.2) is 59.2 Å². The van der Waals surface area contributed by atoms with Crippen LogP contribution < -0.4 is 33.5 Å². The van der Waals surface area contributed by atoms with Crippen LogP contribution in [0.2, 0.25) is 0 Å². The van der Waals surface area contributed by atoms with Gasteiger partial charge in [-0.3, -0.25) is 4.79 Å². The Bertz CT molecular complexity index is 873. The van der Waals surface area contributed by atoms with Gasteiger partial charge in [-0.25, -0.2) is 4.63 Å². The number of para-hydroxylation sites is 1. The molecular formula is C19H21ClN5O3-. The van der Waals surface area contributed by atoms with E-state index in [9.17, 15) is 4.79 Å². The molecule has 2 aromatic carbocycles. The van der Waals surface area contributed by atoms with Crippen molar-refractivity contribution in [1.29, 1.82) is 0 Å². The Balaban J connectivity index is 0.00000280. The molecular weight excluding hydrogens is 382 g/mol. The number of nitrogens with one attached hydrogen (secondary N) is 2. The maximum absolute atomic E-state index is 11.8. The summed E-state index contributed by atoms with van der Waals surface area (Å²) in [5, 5.41) is 12.8. The monoisotopic (exact) mass is 402 g/mol. The SMILES string of the molecule is Nc1nonc1C(=O)NCCNCc1ccccc1OCc1ccccc1.[Cl-]. The molecule has 0 aliphatic carbocycles. The molecule has 4 N–H and O–H groups in total. The zero-order valence-electron chi connectivity index (χ0n) is 15.1. The lowest BCUT2D eigenvalue weighted by molar-refractivity contribution is -0.0000147. The number of carbonyl (C=O) groups is 1. The van der Waals surface area contributed by atoms with Crippen molar-refractivity contribution in [3.63, 3.8) is 0 Å². The van der Waals surface area contributed by atoms with E-state index in [0.29, 0.717) is 26.2 Å². The Morgan fingerprint density at radius 1 is 1.04 bits per heavy atom. The standard InChI is InChI=1S/C19H21N5O3.ClH/c20-18-17(23-27-24-18)19(25)22-11-10-21-12-15-8-4-5-9-16(15)26-13-14-6-2-1-3-7-14;/h1-9,21H,10-13H2,(H2,20,24)(H,22,25);1H/p-1. The van der Waals surface area contributed by atoms with Gasteiger partial charge in [0.25, 0.3) is 5.91 Å². The molecule has 0 atom stereocenters. The largest absolute Gasteiger partial charge is 1.00 e. The molecule has 3 rings (SSSR count). The fraction of sp³-hybridized carbons (Fsp3) is 0.211. The van der Waals surface area contributed by atoms with Crippen LogP contribution in [-0.4, -0.2) is 29.3 Å². The molecule has 0 fully saturated rings. The number of halogens is 1. The van der Waals surface area contributed by atoms with Gasteiger partial charge in [-0.15, -0.1) is 0 Å². The summed E-state index contributed by atoms with van der Waals surface area (Å²) in [4.78, 5) is 11.8. The molecule has 8 nitrogen and oxygen atoms in total. The lowest BCUT2D eigenvalue weighted by Crippen LogP contribution is -3.00. The number of aromatic nitrogens is 2. The molecule has 0 saturated carbocycles. The summed E-state index contributed by atoms with van der Waals surface area (Å²) in [5.41, 5.74) is 7.63. The minimum Gasteiger partial charge on any atom is -1.00 e. The number of hydrogen-bond donors (Lipinski definition) is 3. The van der Waals surface area contributed by atoms with Gasteiger partial charge in [0.15, 0.2) is 0 Å². The number of nitrogens with two attached hydrogens (primary N) is 1. The molecule has 0 radical (unpaired) electrons. The number of ether oxygens (including phenoxy) is 1. The van der Waals surface area contributed by atoms with E-state index in [0.717, 1.165) is 16.9 Å². The molecule has 28 heavy (non-hydrogen) atoms. The van der Waals surface area contributed by atoms with E-state index >= 15 is 0 Å². The average molecular weight is 403 g/mol. The fourth-order valence-corrected chi connectivity index (χ4v) is 2.45. The van der Waals surface area contributed by atoms with E-state index in [1.54, 1.807) is 0 Å². The number of benzene rings is 2. The quantitative estimate of drug-likeness (QED) is 0.383. The molecule has 0 aliphatic rings. The summed E-state index contributed by atoms with van der Waals surface area (Å²) in [5.74, 6) is 0.395. The van der Waals surface area contributed by atoms with Crippen LogP contribution in [-0.2, 0) is 13.2 Å². The van der Waals surface area contributed by atoms with Crippen LogP contribution >= 0.6 is 0 Å². The van der Waals surface area contributed by atoms with Crippen molar-refractivity contribution in [2.45, 2.75) is 13.2 Å². The molecule has 0 spiro atoms. The predicted octanol–water partition coefficient (Wildman–Crippen LogP) is -1.25. The van der Waals surface area contributed by atoms with Crippen LogP contribution in [0.5, 0.6) is 5.75 Å². The molecule has 0 unspecified atom stereocenters. The molecule has 1 heterocycles. The second kappa shape index (κ2) is 10.9. The first-order valence-electron chi connectivity index (χ1n) is 8.55. The van der Waals surface area contributed by atoms with Gasteiger partial charge in [-0.1, -0.05) is 48.5 Å². The van der Waals surface area contributed by atoms with Crippen molar-refractivity contribution in [2.75, 3.05) is 18.8 Å². The molecule has 0 saturated heterocycles. The summed E-state index contributed by atoms with van der Waals surface area (Å²) in [6.07, 6.45) is 0. The maximum atomic E-state index is 11.8. The summed E-state index contributed by atoms with van der Waals surface area (Å²) in [7, 11) is 0. The lowest BCUT2D eigenvalue weighted by Gasteiger charge is -2.12. The molecule has 148 valence electrons. The Hall–Kier alpha value is -3.10. The first-order valence-corrected chi connectivity index (χ1v) is 8.55. The smallest absolute Gasteiger partial charge is 0.277 e. The van der Waals surface area contributed by atoms with Crippen molar-refractivity contribution in [3.05, 3.63) is 71.4 Å². The van der Waals surface area contributed by atoms with E-state index < -0.39 is 5.91 Å². The number of carbonyl (C=O) groups excluding carboxylic acids is 1. The number of hydrogen-bond acceptors (Lipinski definition) is 7. The number of rotatable bonds is 9. The van der Waals surface area contributed by atoms with Gasteiger partial charge in [-0.05, 0) is 21.9 Å². The predicted molar refractivity (Wildman–Crippen MR) is 100.0 cm³/mol. The lowest BCUT2D eigenvalue weighted by atomic mass is 10.2. The molecule has 9 heteroatoms. The van der Waals surface area contributed by atoms with E-state index in [-0.39, 0.29) is 23.9 Å².